The summed E-state index contributed by atoms with van der Waals surface area (Å²) in [5.74, 6) is 1.21. The fourth-order valence-corrected chi connectivity index (χ4v) is 1.41. The van der Waals surface area contributed by atoms with Crippen LogP contribution in [-0.2, 0) is 7.05 Å². The van der Waals surface area contributed by atoms with Crippen LogP contribution >= 0.6 is 11.6 Å². The van der Waals surface area contributed by atoms with Gasteiger partial charge in [-0.15, -0.1) is 0 Å². The van der Waals surface area contributed by atoms with Gasteiger partial charge >= 0.3 is 0 Å². The maximum atomic E-state index is 5.79. The van der Waals surface area contributed by atoms with Crippen LogP contribution in [0.2, 0.25) is 5.02 Å². The van der Waals surface area contributed by atoms with Gasteiger partial charge in [0.25, 0.3) is 0 Å². The molecule has 0 radical (unpaired) electrons. The maximum absolute atomic E-state index is 5.79. The fourth-order valence-electron chi connectivity index (χ4n) is 1.20. The predicted octanol–water partition coefficient (Wildman–Crippen LogP) is 2.57. The van der Waals surface area contributed by atoms with Crippen LogP contribution in [0.15, 0.2) is 24.7 Å². The first-order valence-corrected chi connectivity index (χ1v) is 4.81. The van der Waals surface area contributed by atoms with E-state index in [1.165, 1.54) is 0 Å². The van der Waals surface area contributed by atoms with Crippen LogP contribution in [0, 0.1) is 6.92 Å². The molecule has 15 heavy (non-hydrogen) atoms. The van der Waals surface area contributed by atoms with E-state index in [2.05, 4.69) is 10.1 Å². The van der Waals surface area contributed by atoms with Gasteiger partial charge in [-0.25, -0.2) is 4.98 Å². The highest BCUT2D eigenvalue weighted by Gasteiger charge is 2.04. The average Bonchev–Trinajstić information content (AvgIpc) is 2.56. The van der Waals surface area contributed by atoms with Crippen molar-refractivity contribution in [3.05, 3.63) is 35.2 Å². The van der Waals surface area contributed by atoms with E-state index >= 15 is 0 Å². The van der Waals surface area contributed by atoms with Gasteiger partial charge in [-0.05, 0) is 13.0 Å². The molecule has 0 unspecified atom stereocenters. The second-order valence-corrected chi connectivity index (χ2v) is 3.66. The minimum absolute atomic E-state index is 0.549. The van der Waals surface area contributed by atoms with Crippen molar-refractivity contribution >= 4 is 11.6 Å². The summed E-state index contributed by atoms with van der Waals surface area (Å²) in [5, 5.41) is 4.60. The van der Waals surface area contributed by atoms with E-state index in [0.29, 0.717) is 16.7 Å². The van der Waals surface area contributed by atoms with Gasteiger partial charge in [-0.2, -0.15) is 5.10 Å². The SMILES string of the molecule is Cc1cc(Cl)cnc1Oc1cnn(C)c1. The monoisotopic (exact) mass is 223 g/mol. The van der Waals surface area contributed by atoms with Crippen LogP contribution < -0.4 is 4.74 Å². The summed E-state index contributed by atoms with van der Waals surface area (Å²) in [6.07, 6.45) is 4.96. The Morgan fingerprint density at radius 3 is 2.80 bits per heavy atom. The van der Waals surface area contributed by atoms with Gasteiger partial charge in [0.05, 0.1) is 17.4 Å². The van der Waals surface area contributed by atoms with Gasteiger partial charge in [0.2, 0.25) is 5.88 Å². The Morgan fingerprint density at radius 2 is 2.20 bits per heavy atom. The Hall–Kier alpha value is -1.55. The van der Waals surface area contributed by atoms with Crippen molar-refractivity contribution < 1.29 is 4.74 Å². The van der Waals surface area contributed by atoms with E-state index < -0.39 is 0 Å². The lowest BCUT2D eigenvalue weighted by atomic mass is 10.3. The molecular formula is C10H10ClN3O. The highest BCUT2D eigenvalue weighted by Crippen LogP contribution is 2.23. The third kappa shape index (κ3) is 2.27. The number of aryl methyl sites for hydroxylation is 2. The zero-order valence-electron chi connectivity index (χ0n) is 8.44. The summed E-state index contributed by atoms with van der Waals surface area (Å²) in [4.78, 5) is 4.09. The zero-order chi connectivity index (χ0) is 10.8. The fraction of sp³-hybridized carbons (Fsp3) is 0.200. The summed E-state index contributed by atoms with van der Waals surface area (Å²) in [6.45, 7) is 1.89. The first-order valence-electron chi connectivity index (χ1n) is 4.44. The van der Waals surface area contributed by atoms with Crippen LogP contribution in [0.5, 0.6) is 11.6 Å². The Balaban J connectivity index is 2.24. The molecule has 0 fully saturated rings. The lowest BCUT2D eigenvalue weighted by molar-refractivity contribution is 0.458. The standard InChI is InChI=1S/C10H10ClN3O/c1-7-3-8(11)4-12-10(7)15-9-5-13-14(2)6-9/h3-6H,1-2H3. The van der Waals surface area contributed by atoms with Gasteiger partial charge in [0, 0.05) is 18.8 Å². The van der Waals surface area contributed by atoms with Crippen molar-refractivity contribution in [3.8, 4) is 11.6 Å². The van der Waals surface area contributed by atoms with E-state index in [9.17, 15) is 0 Å². The van der Waals surface area contributed by atoms with Crippen molar-refractivity contribution in [2.45, 2.75) is 6.92 Å². The Labute approximate surface area is 92.5 Å². The third-order valence-corrected chi connectivity index (χ3v) is 2.10. The third-order valence-electron chi connectivity index (χ3n) is 1.89. The number of hydrogen-bond donors (Lipinski definition) is 0. The van der Waals surface area contributed by atoms with Gasteiger partial charge in [0.15, 0.2) is 5.75 Å². The molecule has 5 heteroatoms. The molecule has 0 spiro atoms. The summed E-state index contributed by atoms with van der Waals surface area (Å²) in [7, 11) is 1.83. The molecular weight excluding hydrogens is 214 g/mol. The molecule has 2 aromatic heterocycles. The van der Waals surface area contributed by atoms with Gasteiger partial charge in [0.1, 0.15) is 0 Å². The second-order valence-electron chi connectivity index (χ2n) is 3.23. The quantitative estimate of drug-likeness (QED) is 0.786. The van der Waals surface area contributed by atoms with Crippen molar-refractivity contribution in [1.29, 1.82) is 0 Å². The zero-order valence-corrected chi connectivity index (χ0v) is 9.19. The molecule has 0 aliphatic carbocycles. The predicted molar refractivity (Wildman–Crippen MR) is 57.3 cm³/mol. The molecule has 78 valence electrons. The average molecular weight is 224 g/mol. The van der Waals surface area contributed by atoms with Crippen LogP contribution in [0.4, 0.5) is 0 Å². The first-order chi connectivity index (χ1) is 7.15. The highest BCUT2D eigenvalue weighted by molar-refractivity contribution is 6.30. The second kappa shape index (κ2) is 3.90. The van der Waals surface area contributed by atoms with Crippen molar-refractivity contribution in [1.82, 2.24) is 14.8 Å². The van der Waals surface area contributed by atoms with Crippen molar-refractivity contribution in [2.24, 2.45) is 7.05 Å². The maximum Gasteiger partial charge on any atom is 0.222 e. The molecule has 0 N–H and O–H groups in total. The van der Waals surface area contributed by atoms with Gasteiger partial charge in [-0.1, -0.05) is 11.6 Å². The molecule has 2 heterocycles. The van der Waals surface area contributed by atoms with Gasteiger partial charge < -0.3 is 4.74 Å². The highest BCUT2D eigenvalue weighted by atomic mass is 35.5. The molecule has 0 saturated carbocycles. The van der Waals surface area contributed by atoms with E-state index in [1.54, 1.807) is 29.3 Å². The molecule has 0 aliphatic rings. The van der Waals surface area contributed by atoms with E-state index in [1.807, 2.05) is 14.0 Å². The normalized spacial score (nSPS) is 10.3. The summed E-state index contributed by atoms with van der Waals surface area (Å²) in [5.41, 5.74) is 0.895. The molecule has 2 rings (SSSR count). The minimum Gasteiger partial charge on any atom is -0.435 e. The number of halogens is 1. The molecule has 0 aliphatic heterocycles. The summed E-state index contributed by atoms with van der Waals surface area (Å²) >= 11 is 5.79. The number of pyridine rings is 1. The first kappa shape index (κ1) is 9.98. The largest absolute Gasteiger partial charge is 0.435 e. The molecule has 0 bridgehead atoms. The Bertz CT molecular complexity index is 481. The van der Waals surface area contributed by atoms with Crippen LogP contribution in [0.1, 0.15) is 5.56 Å². The molecule has 0 amide bonds. The lowest BCUT2D eigenvalue weighted by Gasteiger charge is -2.04. The molecule has 0 atom stereocenters. The van der Waals surface area contributed by atoms with Gasteiger partial charge in [-0.3, -0.25) is 4.68 Å². The van der Waals surface area contributed by atoms with Crippen LogP contribution in [0.3, 0.4) is 0 Å². The topological polar surface area (TPSA) is 39.9 Å². The lowest BCUT2D eigenvalue weighted by Crippen LogP contribution is -1.90. The van der Waals surface area contributed by atoms with Crippen molar-refractivity contribution in [3.63, 3.8) is 0 Å². The van der Waals surface area contributed by atoms with E-state index in [0.717, 1.165) is 5.56 Å². The molecule has 0 saturated heterocycles. The van der Waals surface area contributed by atoms with E-state index in [4.69, 9.17) is 16.3 Å². The van der Waals surface area contributed by atoms with Crippen LogP contribution in [-0.4, -0.2) is 14.8 Å². The molecule has 2 aromatic rings. The Kier molecular flexibility index (Phi) is 2.60. The minimum atomic E-state index is 0.549. The Morgan fingerprint density at radius 1 is 1.40 bits per heavy atom. The van der Waals surface area contributed by atoms with Crippen LogP contribution in [0.25, 0.3) is 0 Å². The van der Waals surface area contributed by atoms with E-state index in [-0.39, 0.29) is 0 Å². The number of hydrogen-bond acceptors (Lipinski definition) is 3. The number of aromatic nitrogens is 3. The summed E-state index contributed by atoms with van der Waals surface area (Å²) < 4.78 is 7.20. The summed E-state index contributed by atoms with van der Waals surface area (Å²) in [6, 6.07) is 1.81. The van der Waals surface area contributed by atoms with Crippen molar-refractivity contribution in [2.75, 3.05) is 0 Å². The molecule has 4 nitrogen and oxygen atoms in total. The smallest absolute Gasteiger partial charge is 0.222 e. The number of ether oxygens (including phenoxy) is 1. The molecule has 0 aromatic carbocycles. The number of nitrogens with zero attached hydrogens (tertiary/aromatic N) is 3. The number of rotatable bonds is 2.